The maximum atomic E-state index is 12.9. The highest BCUT2D eigenvalue weighted by atomic mass is 32.1. The van der Waals surface area contributed by atoms with Gasteiger partial charge in [0.15, 0.2) is 0 Å². The second-order valence-corrected chi connectivity index (χ2v) is 5.84. The summed E-state index contributed by atoms with van der Waals surface area (Å²) in [5.74, 6) is 0.275. The minimum atomic E-state index is -0.238. The molecule has 0 aliphatic heterocycles. The number of hydrogen-bond acceptors (Lipinski definition) is 4. The zero-order valence-corrected chi connectivity index (χ0v) is 12.3. The molecule has 1 N–H and O–H groups in total. The number of halogens is 1. The Morgan fingerprint density at radius 1 is 1.29 bits per heavy atom. The fourth-order valence-electron chi connectivity index (χ4n) is 2.23. The van der Waals surface area contributed by atoms with E-state index in [4.69, 9.17) is 0 Å². The van der Waals surface area contributed by atoms with Gasteiger partial charge in [0.1, 0.15) is 5.82 Å². The molecule has 3 nitrogen and oxygen atoms in total. The van der Waals surface area contributed by atoms with Crippen molar-refractivity contribution < 1.29 is 4.39 Å². The van der Waals surface area contributed by atoms with E-state index in [2.05, 4.69) is 27.7 Å². The first-order valence-electron chi connectivity index (χ1n) is 6.97. The Hall–Kier alpha value is -2.01. The van der Waals surface area contributed by atoms with Crippen LogP contribution in [0.1, 0.15) is 19.3 Å². The molecule has 5 heteroatoms. The Morgan fingerprint density at radius 3 is 2.90 bits per heavy atom. The van der Waals surface area contributed by atoms with Crippen molar-refractivity contribution in [2.24, 2.45) is 11.0 Å². The molecule has 3 rings (SSSR count). The molecule has 0 bridgehead atoms. The molecule has 108 valence electrons. The number of thiazole rings is 1. The summed E-state index contributed by atoms with van der Waals surface area (Å²) < 4.78 is 12.9. The average molecular weight is 301 g/mol. The van der Waals surface area contributed by atoms with Gasteiger partial charge in [0.2, 0.25) is 5.13 Å². The number of benzene rings is 1. The van der Waals surface area contributed by atoms with Gasteiger partial charge in [-0.3, -0.25) is 5.43 Å². The quantitative estimate of drug-likeness (QED) is 0.505. The van der Waals surface area contributed by atoms with Gasteiger partial charge in [-0.25, -0.2) is 9.37 Å². The van der Waals surface area contributed by atoms with E-state index in [-0.39, 0.29) is 5.82 Å². The minimum absolute atomic E-state index is 0.238. The van der Waals surface area contributed by atoms with Gasteiger partial charge in [0, 0.05) is 17.2 Å². The Morgan fingerprint density at radius 2 is 2.14 bits per heavy atom. The molecule has 1 atom stereocenters. The fourth-order valence-corrected chi connectivity index (χ4v) is 2.90. The van der Waals surface area contributed by atoms with Gasteiger partial charge < -0.3 is 0 Å². The van der Waals surface area contributed by atoms with Crippen LogP contribution in [0.4, 0.5) is 9.52 Å². The first-order chi connectivity index (χ1) is 10.3. The van der Waals surface area contributed by atoms with Crippen molar-refractivity contribution in [2.75, 3.05) is 5.43 Å². The molecule has 2 aromatic rings. The van der Waals surface area contributed by atoms with E-state index >= 15 is 0 Å². The van der Waals surface area contributed by atoms with Gasteiger partial charge in [-0.15, -0.1) is 11.3 Å². The van der Waals surface area contributed by atoms with Crippen molar-refractivity contribution in [1.82, 2.24) is 4.98 Å². The summed E-state index contributed by atoms with van der Waals surface area (Å²) in [6.45, 7) is 0. The zero-order valence-electron chi connectivity index (χ0n) is 11.5. The number of nitrogens with one attached hydrogen (secondary N) is 1. The predicted octanol–water partition coefficient (Wildman–Crippen LogP) is 4.70. The Bertz CT molecular complexity index is 646. The van der Waals surface area contributed by atoms with Gasteiger partial charge in [-0.05, 0) is 49.4 Å². The average Bonchev–Trinajstić information content (AvgIpc) is 2.98. The Balaban J connectivity index is 1.61. The SMILES string of the molecule is Fc1ccc(-c2csc(N/N=C/C3CC=CCC3)n2)cc1. The van der Waals surface area contributed by atoms with Crippen molar-refractivity contribution >= 4 is 22.7 Å². The lowest BCUT2D eigenvalue weighted by molar-refractivity contribution is 0.627. The van der Waals surface area contributed by atoms with E-state index in [0.717, 1.165) is 35.7 Å². The summed E-state index contributed by atoms with van der Waals surface area (Å²) in [4.78, 5) is 4.45. The van der Waals surface area contributed by atoms with E-state index in [1.807, 2.05) is 11.6 Å². The van der Waals surface area contributed by atoms with Crippen molar-refractivity contribution in [3.05, 3.63) is 47.6 Å². The zero-order chi connectivity index (χ0) is 14.5. The lowest BCUT2D eigenvalue weighted by atomic mass is 9.96. The summed E-state index contributed by atoms with van der Waals surface area (Å²) >= 11 is 1.49. The molecule has 0 fully saturated rings. The standard InChI is InChI=1S/C16H16FN3S/c17-14-8-6-13(7-9-14)15-11-21-16(19-15)20-18-10-12-4-2-1-3-5-12/h1-2,6-12H,3-5H2,(H,19,20)/b18-10+. The maximum Gasteiger partial charge on any atom is 0.203 e. The van der Waals surface area contributed by atoms with Crippen molar-refractivity contribution in [1.29, 1.82) is 0 Å². The van der Waals surface area contributed by atoms with Crippen LogP contribution < -0.4 is 5.43 Å². The number of hydrazone groups is 1. The molecule has 1 aliphatic carbocycles. The van der Waals surface area contributed by atoms with Crippen molar-refractivity contribution in [3.63, 3.8) is 0 Å². The summed E-state index contributed by atoms with van der Waals surface area (Å²) in [6, 6.07) is 6.34. The smallest absolute Gasteiger partial charge is 0.203 e. The van der Waals surface area contributed by atoms with Crippen LogP contribution in [-0.4, -0.2) is 11.2 Å². The van der Waals surface area contributed by atoms with E-state index in [0.29, 0.717) is 5.92 Å². The monoisotopic (exact) mass is 301 g/mol. The topological polar surface area (TPSA) is 37.3 Å². The number of aromatic nitrogens is 1. The van der Waals surface area contributed by atoms with Crippen molar-refractivity contribution in [3.8, 4) is 11.3 Å². The number of hydrogen-bond donors (Lipinski definition) is 1. The predicted molar refractivity (Wildman–Crippen MR) is 86.1 cm³/mol. The number of rotatable bonds is 4. The van der Waals surface area contributed by atoms with Crippen LogP contribution in [0.3, 0.4) is 0 Å². The van der Waals surface area contributed by atoms with Crippen LogP contribution in [0.2, 0.25) is 0 Å². The molecule has 21 heavy (non-hydrogen) atoms. The Kier molecular flexibility index (Phi) is 4.40. The molecular formula is C16H16FN3S. The van der Waals surface area contributed by atoms with Crippen LogP contribution in [0.5, 0.6) is 0 Å². The van der Waals surface area contributed by atoms with Crippen LogP contribution in [0.25, 0.3) is 11.3 Å². The highest BCUT2D eigenvalue weighted by molar-refractivity contribution is 7.14. The largest absolute Gasteiger partial charge is 0.253 e. The third kappa shape index (κ3) is 3.76. The summed E-state index contributed by atoms with van der Waals surface area (Å²) in [5, 5.41) is 6.95. The maximum absolute atomic E-state index is 12.9. The third-order valence-electron chi connectivity index (χ3n) is 3.40. The molecule has 0 radical (unpaired) electrons. The fraction of sp³-hybridized carbons (Fsp3) is 0.250. The molecule has 1 unspecified atom stereocenters. The lowest BCUT2D eigenvalue weighted by Gasteiger charge is -2.11. The van der Waals surface area contributed by atoms with Gasteiger partial charge in [-0.1, -0.05) is 12.2 Å². The number of nitrogens with zero attached hydrogens (tertiary/aromatic N) is 2. The first kappa shape index (κ1) is 13.9. The van der Waals surface area contributed by atoms with Crippen molar-refractivity contribution in [2.45, 2.75) is 19.3 Å². The Labute approximate surface area is 127 Å². The molecular weight excluding hydrogens is 285 g/mol. The van der Waals surface area contributed by atoms with E-state index in [1.165, 1.54) is 23.5 Å². The molecule has 0 saturated heterocycles. The van der Waals surface area contributed by atoms with E-state index in [1.54, 1.807) is 12.1 Å². The number of anilines is 1. The molecule has 1 heterocycles. The van der Waals surface area contributed by atoms with Gasteiger partial charge in [0.25, 0.3) is 0 Å². The van der Waals surface area contributed by atoms with Gasteiger partial charge in [-0.2, -0.15) is 5.10 Å². The summed E-state index contributed by atoms with van der Waals surface area (Å²) in [5.41, 5.74) is 4.71. The summed E-state index contributed by atoms with van der Waals surface area (Å²) in [7, 11) is 0. The molecule has 1 aliphatic rings. The van der Waals surface area contributed by atoms with Crippen LogP contribution in [-0.2, 0) is 0 Å². The highest BCUT2D eigenvalue weighted by Crippen LogP contribution is 2.25. The molecule has 0 amide bonds. The number of allylic oxidation sites excluding steroid dienone is 2. The molecule has 0 spiro atoms. The minimum Gasteiger partial charge on any atom is -0.253 e. The van der Waals surface area contributed by atoms with Gasteiger partial charge in [0.05, 0.1) is 5.69 Å². The van der Waals surface area contributed by atoms with Crippen LogP contribution in [0, 0.1) is 11.7 Å². The lowest BCUT2D eigenvalue weighted by Crippen LogP contribution is -2.04. The second kappa shape index (κ2) is 6.63. The normalized spacial score (nSPS) is 18.2. The molecule has 1 aromatic heterocycles. The third-order valence-corrected chi connectivity index (χ3v) is 4.15. The highest BCUT2D eigenvalue weighted by Gasteiger charge is 2.07. The molecule has 1 aromatic carbocycles. The molecule has 0 saturated carbocycles. The second-order valence-electron chi connectivity index (χ2n) is 4.98. The van der Waals surface area contributed by atoms with Crippen LogP contribution >= 0.6 is 11.3 Å². The van der Waals surface area contributed by atoms with E-state index < -0.39 is 0 Å². The van der Waals surface area contributed by atoms with Gasteiger partial charge >= 0.3 is 0 Å². The van der Waals surface area contributed by atoms with Crippen LogP contribution in [0.15, 0.2) is 46.9 Å². The summed E-state index contributed by atoms with van der Waals surface area (Å²) in [6.07, 6.45) is 9.72. The first-order valence-corrected chi connectivity index (χ1v) is 7.85. The van der Waals surface area contributed by atoms with E-state index in [9.17, 15) is 4.39 Å².